The molecule has 33 heavy (non-hydrogen) atoms. The van der Waals surface area contributed by atoms with Gasteiger partial charge in [-0.15, -0.1) is 0 Å². The fourth-order valence-electron chi connectivity index (χ4n) is 7.66. The Bertz CT molecular complexity index is 1200. The van der Waals surface area contributed by atoms with Crippen molar-refractivity contribution in [2.75, 3.05) is 20.7 Å². The van der Waals surface area contributed by atoms with Gasteiger partial charge in [-0.1, -0.05) is 60.1 Å². The van der Waals surface area contributed by atoms with Gasteiger partial charge in [0.25, 0.3) is 0 Å². The molecule has 3 aliphatic carbocycles. The van der Waals surface area contributed by atoms with Crippen molar-refractivity contribution in [3.8, 4) is 0 Å². The summed E-state index contributed by atoms with van der Waals surface area (Å²) in [5, 5.41) is 0.520. The van der Waals surface area contributed by atoms with Gasteiger partial charge in [-0.25, -0.2) is 9.78 Å². The summed E-state index contributed by atoms with van der Waals surface area (Å²) in [7, 11) is 3.70. The van der Waals surface area contributed by atoms with Crippen LogP contribution in [0.3, 0.4) is 0 Å². The molecule has 1 spiro atoms. The minimum atomic E-state index is -0.285. The van der Waals surface area contributed by atoms with Crippen LogP contribution in [-0.4, -0.2) is 36.6 Å². The summed E-state index contributed by atoms with van der Waals surface area (Å²) in [5.41, 5.74) is 4.69. The Hall–Kier alpha value is -2.69. The number of ether oxygens (including phenoxy) is 1. The lowest BCUT2D eigenvalue weighted by atomic mass is 9.52. The maximum Gasteiger partial charge on any atom is 0.337 e. The van der Waals surface area contributed by atoms with E-state index in [1.807, 2.05) is 24.4 Å². The second-order valence-electron chi connectivity index (χ2n) is 10.1. The van der Waals surface area contributed by atoms with Gasteiger partial charge in [0.05, 0.1) is 12.7 Å². The highest BCUT2D eigenvalue weighted by Crippen LogP contribution is 2.81. The van der Waals surface area contributed by atoms with Gasteiger partial charge in [0.15, 0.2) is 0 Å². The molecule has 1 aromatic heterocycles. The predicted octanol–water partition coefficient (Wildman–Crippen LogP) is 5.64. The maximum atomic E-state index is 12.3. The largest absolute Gasteiger partial charge is 0.465 e. The number of rotatable bonds is 4. The number of likely N-dealkylation sites (tertiary alicyclic amines) is 1. The molecule has 3 saturated carbocycles. The van der Waals surface area contributed by atoms with Crippen molar-refractivity contribution in [3.63, 3.8) is 0 Å². The molecule has 0 amide bonds. The molecule has 2 heterocycles. The van der Waals surface area contributed by atoms with Crippen LogP contribution in [0.25, 0.3) is 0 Å². The van der Waals surface area contributed by atoms with Crippen LogP contribution in [0.4, 0.5) is 0 Å². The molecular weight excluding hydrogens is 432 g/mol. The number of hydrogen-bond acceptors (Lipinski definition) is 4. The number of methoxy groups -OCH3 is 1. The normalized spacial score (nSPS) is 32.3. The molecule has 5 heteroatoms. The van der Waals surface area contributed by atoms with Crippen molar-refractivity contribution in [1.29, 1.82) is 0 Å². The number of halogens is 1. The summed E-state index contributed by atoms with van der Waals surface area (Å²) >= 11 is 6.15. The number of aromatic nitrogens is 1. The van der Waals surface area contributed by atoms with Crippen molar-refractivity contribution in [1.82, 2.24) is 9.88 Å². The lowest BCUT2D eigenvalue weighted by molar-refractivity contribution is 0.0398. The molecule has 4 nitrogen and oxygen atoms in total. The SMILES string of the molecule is COC(=O)c1cccc(C23CC4(C2)[C@H](CN(C)[C@@H]4c2ccccc2)C3c2ccc(Cl)nc2)c1. The number of benzene rings is 2. The molecule has 0 radical (unpaired) electrons. The third kappa shape index (κ3) is 2.87. The molecule has 168 valence electrons. The summed E-state index contributed by atoms with van der Waals surface area (Å²) in [6.07, 6.45) is 4.17. The number of pyridine rings is 1. The minimum absolute atomic E-state index is 0.0154. The van der Waals surface area contributed by atoms with E-state index in [0.29, 0.717) is 28.6 Å². The van der Waals surface area contributed by atoms with E-state index < -0.39 is 0 Å². The summed E-state index contributed by atoms with van der Waals surface area (Å²) in [6, 6.07) is 23.5. The first-order valence-electron chi connectivity index (χ1n) is 11.5. The van der Waals surface area contributed by atoms with Crippen LogP contribution in [-0.2, 0) is 10.2 Å². The van der Waals surface area contributed by atoms with E-state index in [-0.39, 0.29) is 16.8 Å². The molecule has 1 unspecified atom stereocenters. The summed E-state index contributed by atoms with van der Waals surface area (Å²) in [6.45, 7) is 1.05. The number of hydrogen-bond donors (Lipinski definition) is 0. The van der Waals surface area contributed by atoms with Gasteiger partial charge in [0.2, 0.25) is 0 Å². The first kappa shape index (κ1) is 20.9. The molecule has 7 rings (SSSR count). The lowest BCUT2D eigenvalue weighted by Crippen LogP contribution is -2.47. The van der Waals surface area contributed by atoms with Gasteiger partial charge < -0.3 is 4.74 Å². The Balaban J connectivity index is 1.49. The van der Waals surface area contributed by atoms with E-state index in [0.717, 1.165) is 19.4 Å². The molecule has 4 fully saturated rings. The van der Waals surface area contributed by atoms with Gasteiger partial charge in [-0.05, 0) is 72.0 Å². The van der Waals surface area contributed by atoms with Crippen LogP contribution in [0.15, 0.2) is 72.9 Å². The molecule has 0 N–H and O–H groups in total. The summed E-state index contributed by atoms with van der Waals surface area (Å²) in [5.74, 6) is 0.552. The van der Waals surface area contributed by atoms with Gasteiger partial charge in [-0.2, -0.15) is 0 Å². The van der Waals surface area contributed by atoms with Gasteiger partial charge in [0.1, 0.15) is 5.15 Å². The van der Waals surface area contributed by atoms with Crippen molar-refractivity contribution in [2.24, 2.45) is 11.3 Å². The van der Waals surface area contributed by atoms with Crippen LogP contribution in [0.2, 0.25) is 5.15 Å². The molecule has 1 aliphatic heterocycles. The zero-order chi connectivity index (χ0) is 22.8. The third-order valence-electron chi connectivity index (χ3n) is 8.58. The topological polar surface area (TPSA) is 42.4 Å². The van der Waals surface area contributed by atoms with Crippen LogP contribution in [0, 0.1) is 11.3 Å². The molecule has 3 atom stereocenters. The first-order valence-corrected chi connectivity index (χ1v) is 11.9. The average molecular weight is 459 g/mol. The minimum Gasteiger partial charge on any atom is -0.465 e. The molecule has 3 aromatic rings. The quantitative estimate of drug-likeness (QED) is 0.375. The van der Waals surface area contributed by atoms with Crippen molar-refractivity contribution in [3.05, 3.63) is 100 Å². The van der Waals surface area contributed by atoms with Gasteiger partial charge >= 0.3 is 5.97 Å². The standard InChI is InChI=1S/C28H27ClN2O2/c1-31-15-22-24(20-11-12-23(29)30-14-20)27(21-10-6-9-19(13-21)26(32)33-2)16-28(22,17-27)25(31)18-7-4-3-5-8-18/h3-14,22,24-25H,15-17H2,1-2H3/t22-,24?,25-,27?,28?/m1/s1. The zero-order valence-corrected chi connectivity index (χ0v) is 19.6. The van der Waals surface area contributed by atoms with Crippen LogP contribution in [0.5, 0.6) is 0 Å². The zero-order valence-electron chi connectivity index (χ0n) is 18.9. The highest BCUT2D eigenvalue weighted by Gasteiger charge is 2.76. The highest BCUT2D eigenvalue weighted by atomic mass is 35.5. The van der Waals surface area contributed by atoms with Crippen molar-refractivity contribution >= 4 is 17.6 Å². The first-order chi connectivity index (χ1) is 16.0. The Morgan fingerprint density at radius 3 is 2.55 bits per heavy atom. The van der Waals surface area contributed by atoms with E-state index in [1.165, 1.54) is 23.8 Å². The van der Waals surface area contributed by atoms with Crippen LogP contribution < -0.4 is 0 Å². The Kier molecular flexibility index (Phi) is 4.69. The van der Waals surface area contributed by atoms with Crippen LogP contribution >= 0.6 is 11.6 Å². The van der Waals surface area contributed by atoms with E-state index >= 15 is 0 Å². The van der Waals surface area contributed by atoms with E-state index in [4.69, 9.17) is 16.3 Å². The second kappa shape index (κ2) is 7.41. The van der Waals surface area contributed by atoms with Crippen molar-refractivity contribution in [2.45, 2.75) is 30.2 Å². The monoisotopic (exact) mass is 458 g/mol. The van der Waals surface area contributed by atoms with Crippen LogP contribution in [0.1, 0.15) is 51.8 Å². The van der Waals surface area contributed by atoms with E-state index in [2.05, 4.69) is 65.5 Å². The Morgan fingerprint density at radius 1 is 1.06 bits per heavy atom. The molecule has 2 aromatic carbocycles. The number of carbonyl (C=O) groups is 1. The molecule has 2 bridgehead atoms. The molecule has 4 aliphatic rings. The fourth-order valence-corrected chi connectivity index (χ4v) is 7.77. The summed E-state index contributed by atoms with van der Waals surface area (Å²) in [4.78, 5) is 19.3. The average Bonchev–Trinajstić information content (AvgIpc) is 3.37. The predicted molar refractivity (Wildman–Crippen MR) is 128 cm³/mol. The number of esters is 1. The summed E-state index contributed by atoms with van der Waals surface area (Å²) < 4.78 is 5.02. The third-order valence-corrected chi connectivity index (χ3v) is 8.80. The Morgan fingerprint density at radius 2 is 1.85 bits per heavy atom. The van der Waals surface area contributed by atoms with Crippen molar-refractivity contribution < 1.29 is 9.53 Å². The Labute approximate surface area is 199 Å². The van der Waals surface area contributed by atoms with Gasteiger partial charge in [0, 0.05) is 24.2 Å². The number of nitrogens with zero attached hydrogens (tertiary/aromatic N) is 2. The van der Waals surface area contributed by atoms with E-state index in [1.54, 1.807) is 0 Å². The second-order valence-corrected chi connectivity index (χ2v) is 10.5. The smallest absolute Gasteiger partial charge is 0.337 e. The molecular formula is C28H27ClN2O2. The van der Waals surface area contributed by atoms with E-state index in [9.17, 15) is 4.79 Å². The molecule has 1 saturated heterocycles. The maximum absolute atomic E-state index is 12.3. The van der Waals surface area contributed by atoms with Gasteiger partial charge in [-0.3, -0.25) is 4.90 Å². The highest BCUT2D eigenvalue weighted by molar-refractivity contribution is 6.29. The lowest BCUT2D eigenvalue weighted by Gasteiger charge is -2.53. The fraction of sp³-hybridized carbons (Fsp3) is 0.357. The number of carbonyl (C=O) groups excluding carboxylic acids is 1.